The predicted octanol–water partition coefficient (Wildman–Crippen LogP) is -1.44. The second kappa shape index (κ2) is 6.36. The van der Waals surface area contributed by atoms with Gasteiger partial charge in [0, 0.05) is 13.5 Å². The predicted molar refractivity (Wildman–Crippen MR) is 68.6 cm³/mol. The second-order valence-corrected chi connectivity index (χ2v) is 5.05. The summed E-state index contributed by atoms with van der Waals surface area (Å²) in [4.78, 5) is 47.1. The van der Waals surface area contributed by atoms with Crippen LogP contribution in [0.1, 0.15) is 20.8 Å². The molecule has 3 N–H and O–H groups in total. The van der Waals surface area contributed by atoms with Crippen LogP contribution in [0.5, 0.6) is 0 Å². The summed E-state index contributed by atoms with van der Waals surface area (Å²) < 4.78 is 0. The molecule has 20 heavy (non-hydrogen) atoms. The summed E-state index contributed by atoms with van der Waals surface area (Å²) in [6.07, 6.45) is 0. The largest absolute Gasteiger partial charge is 0.480 e. The molecule has 1 saturated heterocycles. The lowest BCUT2D eigenvalue weighted by Gasteiger charge is -2.36. The number of aliphatic carboxylic acids is 1. The third kappa shape index (κ3) is 3.69. The van der Waals surface area contributed by atoms with Crippen molar-refractivity contribution >= 4 is 23.7 Å². The Labute approximate surface area is 116 Å². The van der Waals surface area contributed by atoms with Crippen LogP contribution in [0.3, 0.4) is 0 Å². The number of carboxylic acid groups (broad SMARTS) is 1. The number of nitrogens with one attached hydrogen (secondary N) is 2. The Morgan fingerprint density at radius 2 is 2.00 bits per heavy atom. The highest BCUT2D eigenvalue weighted by atomic mass is 16.4. The molecule has 1 aliphatic heterocycles. The van der Waals surface area contributed by atoms with Gasteiger partial charge in [0.15, 0.2) is 0 Å². The molecule has 2 unspecified atom stereocenters. The molecule has 0 saturated carbocycles. The van der Waals surface area contributed by atoms with Crippen LogP contribution in [-0.2, 0) is 19.2 Å². The highest BCUT2D eigenvalue weighted by molar-refractivity contribution is 5.94. The monoisotopic (exact) mass is 285 g/mol. The van der Waals surface area contributed by atoms with E-state index in [1.807, 2.05) is 0 Å². The van der Waals surface area contributed by atoms with Gasteiger partial charge >= 0.3 is 5.97 Å². The number of rotatable bonds is 4. The molecule has 8 nitrogen and oxygen atoms in total. The number of hydrogen-bond donors (Lipinski definition) is 3. The maximum Gasteiger partial charge on any atom is 0.328 e. The lowest BCUT2D eigenvalue weighted by molar-refractivity contribution is -0.155. The molecule has 112 valence electrons. The van der Waals surface area contributed by atoms with Gasteiger partial charge in [-0.2, -0.15) is 0 Å². The van der Waals surface area contributed by atoms with E-state index in [-0.39, 0.29) is 24.9 Å². The van der Waals surface area contributed by atoms with Crippen LogP contribution in [0.2, 0.25) is 0 Å². The fraction of sp³-hybridized carbons (Fsp3) is 0.667. The van der Waals surface area contributed by atoms with Gasteiger partial charge in [0.05, 0.1) is 0 Å². The zero-order valence-corrected chi connectivity index (χ0v) is 11.7. The molecule has 1 fully saturated rings. The summed E-state index contributed by atoms with van der Waals surface area (Å²) in [5.41, 5.74) is 0. The second-order valence-electron chi connectivity index (χ2n) is 5.05. The summed E-state index contributed by atoms with van der Waals surface area (Å²) in [6, 6.07) is -1.96. The molecule has 0 aromatic heterocycles. The topological polar surface area (TPSA) is 116 Å². The first-order valence-electron chi connectivity index (χ1n) is 6.31. The van der Waals surface area contributed by atoms with Crippen molar-refractivity contribution in [2.24, 2.45) is 5.92 Å². The van der Waals surface area contributed by atoms with Crippen LogP contribution in [0.4, 0.5) is 0 Å². The van der Waals surface area contributed by atoms with Gasteiger partial charge in [-0.3, -0.25) is 14.4 Å². The first kappa shape index (κ1) is 15.9. The van der Waals surface area contributed by atoms with E-state index in [0.29, 0.717) is 0 Å². The van der Waals surface area contributed by atoms with Crippen molar-refractivity contribution in [1.82, 2.24) is 15.5 Å². The number of carbonyl (C=O) groups excluding carboxylic acids is 3. The quantitative estimate of drug-likeness (QED) is 0.585. The van der Waals surface area contributed by atoms with Gasteiger partial charge < -0.3 is 20.6 Å². The molecule has 1 aliphatic rings. The number of nitrogens with zero attached hydrogens (tertiary/aromatic N) is 1. The van der Waals surface area contributed by atoms with Crippen molar-refractivity contribution in [3.05, 3.63) is 0 Å². The third-order valence-corrected chi connectivity index (χ3v) is 3.04. The van der Waals surface area contributed by atoms with Crippen LogP contribution in [0.25, 0.3) is 0 Å². The zero-order valence-electron chi connectivity index (χ0n) is 11.7. The van der Waals surface area contributed by atoms with Crippen molar-refractivity contribution in [1.29, 1.82) is 0 Å². The summed E-state index contributed by atoms with van der Waals surface area (Å²) in [7, 11) is 0. The van der Waals surface area contributed by atoms with Crippen LogP contribution >= 0.6 is 0 Å². The Kier molecular flexibility index (Phi) is 5.06. The summed E-state index contributed by atoms with van der Waals surface area (Å²) >= 11 is 0. The smallest absolute Gasteiger partial charge is 0.328 e. The highest BCUT2D eigenvalue weighted by Gasteiger charge is 2.39. The molecule has 1 heterocycles. The normalized spacial score (nSPS) is 20.3. The van der Waals surface area contributed by atoms with E-state index < -0.39 is 29.9 Å². The Morgan fingerprint density at radius 3 is 2.45 bits per heavy atom. The van der Waals surface area contributed by atoms with Gasteiger partial charge in [-0.05, 0) is 5.92 Å². The SMILES string of the molecule is CC(=O)NC(C(=O)N1CC(=O)NCC1C(=O)O)C(C)C. The summed E-state index contributed by atoms with van der Waals surface area (Å²) in [6.45, 7) is 4.29. The third-order valence-electron chi connectivity index (χ3n) is 3.04. The van der Waals surface area contributed by atoms with E-state index >= 15 is 0 Å². The Bertz CT molecular complexity index is 435. The van der Waals surface area contributed by atoms with Crippen LogP contribution in [-0.4, -0.2) is 58.9 Å². The molecule has 0 aromatic carbocycles. The summed E-state index contributed by atoms with van der Waals surface area (Å²) in [5.74, 6) is -2.77. The van der Waals surface area contributed by atoms with Gasteiger partial charge in [0.2, 0.25) is 17.7 Å². The number of hydrogen-bond acceptors (Lipinski definition) is 4. The van der Waals surface area contributed by atoms with Crippen LogP contribution in [0, 0.1) is 5.92 Å². The standard InChI is InChI=1S/C12H19N3O5/c1-6(2)10(14-7(3)16)11(18)15-5-9(17)13-4-8(15)12(19)20/h6,8,10H,4-5H2,1-3H3,(H,13,17)(H,14,16)(H,19,20). The molecule has 1 rings (SSSR count). The maximum atomic E-state index is 12.4. The lowest BCUT2D eigenvalue weighted by Crippen LogP contribution is -2.63. The molecule has 0 aromatic rings. The maximum absolute atomic E-state index is 12.4. The Hall–Kier alpha value is -2.12. The molecule has 0 aliphatic carbocycles. The fourth-order valence-corrected chi connectivity index (χ4v) is 2.00. The van der Waals surface area contributed by atoms with Gasteiger partial charge in [0.25, 0.3) is 0 Å². The van der Waals surface area contributed by atoms with Crippen molar-refractivity contribution < 1.29 is 24.3 Å². The molecule has 0 spiro atoms. The average Bonchev–Trinajstić information content (AvgIpc) is 2.34. The molecular weight excluding hydrogens is 266 g/mol. The van der Waals surface area contributed by atoms with E-state index in [2.05, 4.69) is 10.6 Å². The van der Waals surface area contributed by atoms with Crippen molar-refractivity contribution in [2.45, 2.75) is 32.9 Å². The number of piperazine rings is 1. The van der Waals surface area contributed by atoms with E-state index in [1.54, 1.807) is 13.8 Å². The molecule has 2 atom stereocenters. The zero-order chi connectivity index (χ0) is 15.4. The number of carbonyl (C=O) groups is 4. The van der Waals surface area contributed by atoms with Gasteiger partial charge in [-0.1, -0.05) is 13.8 Å². The highest BCUT2D eigenvalue weighted by Crippen LogP contribution is 2.12. The Balaban J connectivity index is 2.96. The molecule has 8 heteroatoms. The van der Waals surface area contributed by atoms with E-state index in [9.17, 15) is 19.2 Å². The lowest BCUT2D eigenvalue weighted by atomic mass is 10.0. The minimum Gasteiger partial charge on any atom is -0.480 e. The van der Waals surface area contributed by atoms with Crippen molar-refractivity contribution in [3.8, 4) is 0 Å². The Morgan fingerprint density at radius 1 is 1.40 bits per heavy atom. The van der Waals surface area contributed by atoms with Crippen LogP contribution < -0.4 is 10.6 Å². The van der Waals surface area contributed by atoms with Gasteiger partial charge in [-0.15, -0.1) is 0 Å². The van der Waals surface area contributed by atoms with Crippen LogP contribution in [0.15, 0.2) is 0 Å². The average molecular weight is 285 g/mol. The van der Waals surface area contributed by atoms with Crippen molar-refractivity contribution in [2.75, 3.05) is 13.1 Å². The van der Waals surface area contributed by atoms with Gasteiger partial charge in [0.1, 0.15) is 18.6 Å². The minimum absolute atomic E-state index is 0.134. The minimum atomic E-state index is -1.19. The molecule has 0 bridgehead atoms. The summed E-state index contributed by atoms with van der Waals surface area (Å²) in [5, 5.41) is 14.0. The molecular formula is C12H19N3O5. The first-order valence-corrected chi connectivity index (χ1v) is 6.31. The van der Waals surface area contributed by atoms with E-state index in [4.69, 9.17) is 5.11 Å². The molecule has 3 amide bonds. The van der Waals surface area contributed by atoms with Crippen molar-refractivity contribution in [3.63, 3.8) is 0 Å². The van der Waals surface area contributed by atoms with Gasteiger partial charge in [-0.25, -0.2) is 4.79 Å². The first-order chi connectivity index (χ1) is 9.23. The van der Waals surface area contributed by atoms with E-state index in [1.165, 1.54) is 6.92 Å². The van der Waals surface area contributed by atoms with E-state index in [0.717, 1.165) is 4.90 Å². The fourth-order valence-electron chi connectivity index (χ4n) is 2.00. The number of amides is 3. The molecule has 0 radical (unpaired) electrons. The number of carboxylic acids is 1.